The van der Waals surface area contributed by atoms with E-state index in [1.165, 1.54) is 16.9 Å². The number of nitrogen functional groups attached to an aromatic ring is 1. The van der Waals surface area contributed by atoms with Crippen LogP contribution in [0, 0.1) is 0 Å². The van der Waals surface area contributed by atoms with E-state index in [-0.39, 0.29) is 6.54 Å². The van der Waals surface area contributed by atoms with Crippen molar-refractivity contribution in [3.05, 3.63) is 47.8 Å². The van der Waals surface area contributed by atoms with Crippen LogP contribution in [-0.2, 0) is 12.7 Å². The first-order valence-electron chi connectivity index (χ1n) is 5.14. The molecule has 2 rings (SSSR count). The molecule has 1 heterocycles. The van der Waals surface area contributed by atoms with Crippen molar-refractivity contribution in [2.45, 2.75) is 12.7 Å². The van der Waals surface area contributed by atoms with E-state index in [1.54, 1.807) is 12.3 Å². The van der Waals surface area contributed by atoms with Crippen molar-refractivity contribution >= 4 is 5.69 Å². The van der Waals surface area contributed by atoms with Crippen LogP contribution in [0.5, 0.6) is 0 Å². The van der Waals surface area contributed by atoms with Crippen LogP contribution >= 0.6 is 0 Å². The van der Waals surface area contributed by atoms with Gasteiger partial charge in [0.15, 0.2) is 0 Å². The summed E-state index contributed by atoms with van der Waals surface area (Å²) in [5, 5.41) is 3.97. The predicted octanol–water partition coefficient (Wildman–Crippen LogP) is 2.24. The predicted molar refractivity (Wildman–Crippen MR) is 60.6 cm³/mol. The molecule has 0 unspecified atom stereocenters. The Balaban J connectivity index is 2.19. The van der Waals surface area contributed by atoms with Gasteiger partial charge in [0.25, 0.3) is 0 Å². The molecule has 4 nitrogen and oxygen atoms in total. The zero-order valence-electron chi connectivity index (χ0n) is 9.28. The average molecular weight is 256 g/mol. The van der Waals surface area contributed by atoms with Crippen LogP contribution in [-0.4, -0.2) is 9.78 Å². The number of nitrogens with two attached hydrogens (primary N) is 1. The van der Waals surface area contributed by atoms with Gasteiger partial charge < -0.3 is 5.43 Å². The lowest BCUT2D eigenvalue weighted by Gasteiger charge is -2.08. The molecule has 0 aliphatic rings. The third kappa shape index (κ3) is 2.80. The highest BCUT2D eigenvalue weighted by Gasteiger charge is 2.30. The molecule has 0 spiro atoms. The van der Waals surface area contributed by atoms with E-state index in [0.717, 1.165) is 12.1 Å². The normalized spacial score (nSPS) is 11.6. The van der Waals surface area contributed by atoms with Crippen LogP contribution in [0.3, 0.4) is 0 Å². The van der Waals surface area contributed by atoms with Crippen molar-refractivity contribution in [3.8, 4) is 0 Å². The molecule has 0 amide bonds. The van der Waals surface area contributed by atoms with Gasteiger partial charge in [0.1, 0.15) is 0 Å². The molecule has 0 aliphatic heterocycles. The minimum Gasteiger partial charge on any atom is -0.321 e. The maximum atomic E-state index is 12.5. The molecule has 18 heavy (non-hydrogen) atoms. The van der Waals surface area contributed by atoms with Gasteiger partial charge in [-0.25, -0.2) is 0 Å². The van der Waals surface area contributed by atoms with Crippen LogP contribution in [0.15, 0.2) is 36.7 Å². The molecule has 0 aliphatic carbocycles. The Morgan fingerprint density at radius 1 is 1.33 bits per heavy atom. The number of hydrazine groups is 1. The lowest BCUT2D eigenvalue weighted by molar-refractivity contribution is -0.137. The molecular weight excluding hydrogens is 245 g/mol. The third-order valence-corrected chi connectivity index (χ3v) is 2.40. The van der Waals surface area contributed by atoms with Gasteiger partial charge in [-0.1, -0.05) is 12.1 Å². The highest BCUT2D eigenvalue weighted by atomic mass is 19.4. The SMILES string of the molecule is NNc1cnn(Cc2cccc(C(F)(F)F)c2)c1. The largest absolute Gasteiger partial charge is 0.416 e. The van der Waals surface area contributed by atoms with E-state index >= 15 is 0 Å². The zero-order chi connectivity index (χ0) is 13.2. The van der Waals surface area contributed by atoms with E-state index < -0.39 is 11.7 Å². The van der Waals surface area contributed by atoms with Crippen LogP contribution < -0.4 is 11.3 Å². The fourth-order valence-electron chi connectivity index (χ4n) is 1.56. The number of halogens is 3. The molecule has 7 heteroatoms. The number of rotatable bonds is 3. The second-order valence-electron chi connectivity index (χ2n) is 3.77. The van der Waals surface area contributed by atoms with Gasteiger partial charge in [-0.15, -0.1) is 0 Å². The summed E-state index contributed by atoms with van der Waals surface area (Å²) in [6.45, 7) is 0.256. The van der Waals surface area contributed by atoms with Gasteiger partial charge >= 0.3 is 6.18 Å². The summed E-state index contributed by atoms with van der Waals surface area (Å²) in [7, 11) is 0. The zero-order valence-corrected chi connectivity index (χ0v) is 9.28. The van der Waals surface area contributed by atoms with Crippen LogP contribution in [0.2, 0.25) is 0 Å². The van der Waals surface area contributed by atoms with Gasteiger partial charge in [0.2, 0.25) is 0 Å². The summed E-state index contributed by atoms with van der Waals surface area (Å²) in [6.07, 6.45) is -1.22. The maximum absolute atomic E-state index is 12.5. The van der Waals surface area contributed by atoms with E-state index in [4.69, 9.17) is 5.84 Å². The van der Waals surface area contributed by atoms with E-state index in [1.807, 2.05) is 0 Å². The van der Waals surface area contributed by atoms with Crippen molar-refractivity contribution in [3.63, 3.8) is 0 Å². The summed E-state index contributed by atoms with van der Waals surface area (Å²) >= 11 is 0. The number of benzene rings is 1. The summed E-state index contributed by atoms with van der Waals surface area (Å²) in [5.74, 6) is 5.19. The molecule has 96 valence electrons. The van der Waals surface area contributed by atoms with E-state index in [0.29, 0.717) is 11.3 Å². The van der Waals surface area contributed by atoms with Gasteiger partial charge in [-0.3, -0.25) is 10.5 Å². The average Bonchev–Trinajstić information content (AvgIpc) is 2.76. The fraction of sp³-hybridized carbons (Fsp3) is 0.182. The lowest BCUT2D eigenvalue weighted by atomic mass is 10.1. The first-order chi connectivity index (χ1) is 8.49. The van der Waals surface area contributed by atoms with Crippen molar-refractivity contribution in [2.75, 3.05) is 5.43 Å². The Morgan fingerprint density at radius 2 is 2.11 bits per heavy atom. The molecule has 3 N–H and O–H groups in total. The van der Waals surface area contributed by atoms with Crippen LogP contribution in [0.1, 0.15) is 11.1 Å². The highest BCUT2D eigenvalue weighted by Crippen LogP contribution is 2.29. The number of alkyl halides is 3. The number of aromatic nitrogens is 2. The molecule has 0 radical (unpaired) electrons. The molecule has 0 atom stereocenters. The smallest absolute Gasteiger partial charge is 0.321 e. The summed E-state index contributed by atoms with van der Waals surface area (Å²) < 4.78 is 39.1. The summed E-state index contributed by atoms with van der Waals surface area (Å²) in [5.41, 5.74) is 2.87. The van der Waals surface area contributed by atoms with Crippen molar-refractivity contribution in [1.29, 1.82) is 0 Å². The molecule has 0 fully saturated rings. The molecule has 0 saturated carbocycles. The molecule has 2 aromatic rings. The number of hydrogen-bond acceptors (Lipinski definition) is 3. The minimum atomic E-state index is -4.33. The Hall–Kier alpha value is -2.02. The quantitative estimate of drug-likeness (QED) is 0.654. The summed E-state index contributed by atoms with van der Waals surface area (Å²) in [4.78, 5) is 0. The molecule has 0 bridgehead atoms. The van der Waals surface area contributed by atoms with Gasteiger partial charge in [0.05, 0.1) is 24.0 Å². The van der Waals surface area contributed by atoms with Crippen molar-refractivity contribution in [2.24, 2.45) is 5.84 Å². The Kier molecular flexibility index (Phi) is 3.24. The lowest BCUT2D eigenvalue weighted by Crippen LogP contribution is -2.07. The van der Waals surface area contributed by atoms with Crippen molar-refractivity contribution < 1.29 is 13.2 Å². The topological polar surface area (TPSA) is 55.9 Å². The Labute approximate surface area is 101 Å². The van der Waals surface area contributed by atoms with Gasteiger partial charge in [0, 0.05) is 6.20 Å². The molecular formula is C11H11F3N4. The van der Waals surface area contributed by atoms with Crippen molar-refractivity contribution in [1.82, 2.24) is 9.78 Å². The van der Waals surface area contributed by atoms with Gasteiger partial charge in [-0.05, 0) is 17.7 Å². The van der Waals surface area contributed by atoms with Gasteiger partial charge in [-0.2, -0.15) is 18.3 Å². The number of hydrogen-bond donors (Lipinski definition) is 2. The Bertz CT molecular complexity index is 533. The molecule has 1 aromatic heterocycles. The maximum Gasteiger partial charge on any atom is 0.416 e. The first-order valence-corrected chi connectivity index (χ1v) is 5.14. The molecule has 0 saturated heterocycles. The minimum absolute atomic E-state index is 0.256. The second-order valence-corrected chi connectivity index (χ2v) is 3.77. The fourth-order valence-corrected chi connectivity index (χ4v) is 1.56. The first kappa shape index (κ1) is 12.4. The number of nitrogens with one attached hydrogen (secondary N) is 1. The Morgan fingerprint density at radius 3 is 2.72 bits per heavy atom. The van der Waals surface area contributed by atoms with E-state index in [2.05, 4.69) is 10.5 Å². The monoisotopic (exact) mass is 256 g/mol. The standard InChI is InChI=1S/C11H11F3N4/c12-11(13,14)9-3-1-2-8(4-9)6-18-7-10(17-15)5-16-18/h1-5,7,17H,6,15H2. The summed E-state index contributed by atoms with van der Waals surface area (Å²) in [6, 6.07) is 5.15. The molecule has 1 aromatic carbocycles. The number of anilines is 1. The second kappa shape index (κ2) is 4.69. The number of nitrogens with zero attached hydrogens (tertiary/aromatic N) is 2. The third-order valence-electron chi connectivity index (χ3n) is 2.40. The highest BCUT2D eigenvalue weighted by molar-refractivity contribution is 5.36. The van der Waals surface area contributed by atoms with E-state index in [9.17, 15) is 13.2 Å². The van der Waals surface area contributed by atoms with Crippen LogP contribution in [0.25, 0.3) is 0 Å². The van der Waals surface area contributed by atoms with Crippen LogP contribution in [0.4, 0.5) is 18.9 Å².